The average Bonchev–Trinajstić information content (AvgIpc) is 2.78. The second kappa shape index (κ2) is 6.31. The number of nitrogens with zero attached hydrogens (tertiary/aromatic N) is 1. The van der Waals surface area contributed by atoms with E-state index in [0.29, 0.717) is 12.4 Å². The van der Waals surface area contributed by atoms with Crippen LogP contribution >= 0.6 is 34.7 Å². The van der Waals surface area contributed by atoms with E-state index in [4.69, 9.17) is 11.6 Å². The Hall–Kier alpha value is -0.190. The fourth-order valence-corrected chi connectivity index (χ4v) is 4.59. The second-order valence-electron chi connectivity index (χ2n) is 4.64. The number of hydrogen-bond donors (Lipinski definition) is 0. The highest BCUT2D eigenvalue weighted by Gasteiger charge is 2.22. The molecule has 1 aromatic heterocycles. The predicted octanol–water partition coefficient (Wildman–Crippen LogP) is 3.63. The first kappa shape index (κ1) is 14.2. The van der Waals surface area contributed by atoms with Gasteiger partial charge in [-0.05, 0) is 37.7 Å². The van der Waals surface area contributed by atoms with E-state index in [1.165, 1.54) is 16.2 Å². The number of carbonyl (C=O) groups excluding carboxylic acids is 1. The van der Waals surface area contributed by atoms with E-state index in [1.54, 1.807) is 11.3 Å². The topological polar surface area (TPSA) is 20.3 Å². The maximum atomic E-state index is 12.5. The summed E-state index contributed by atoms with van der Waals surface area (Å²) < 4.78 is 0. The predicted molar refractivity (Wildman–Crippen MR) is 81.1 cm³/mol. The van der Waals surface area contributed by atoms with Gasteiger partial charge in [0.05, 0.1) is 4.88 Å². The summed E-state index contributed by atoms with van der Waals surface area (Å²) in [5, 5.41) is 0. The first-order valence-corrected chi connectivity index (χ1v) is 8.70. The quantitative estimate of drug-likeness (QED) is 0.792. The van der Waals surface area contributed by atoms with Gasteiger partial charge in [-0.25, -0.2) is 0 Å². The molecule has 0 aromatic carbocycles. The van der Waals surface area contributed by atoms with Gasteiger partial charge in [0.15, 0.2) is 0 Å². The normalized spacial score (nSPS) is 14.7. The number of hydrogen-bond acceptors (Lipinski definition) is 3. The van der Waals surface area contributed by atoms with Crippen LogP contribution < -0.4 is 0 Å². The molecule has 0 unspecified atom stereocenters. The summed E-state index contributed by atoms with van der Waals surface area (Å²) in [7, 11) is 0. The van der Waals surface area contributed by atoms with Gasteiger partial charge >= 0.3 is 0 Å². The number of aryl methyl sites for hydroxylation is 1. The standard InChI is InChI=1S/C13H18ClNOS2/c1-9(2)15(5-4-14)13(16)12-7-10-8-17-6-3-11(10)18-12/h7,9H,3-6,8H2,1-2H3. The maximum absolute atomic E-state index is 12.5. The van der Waals surface area contributed by atoms with Gasteiger partial charge in [0.1, 0.15) is 0 Å². The van der Waals surface area contributed by atoms with Crippen molar-refractivity contribution in [2.75, 3.05) is 18.2 Å². The molecular weight excluding hydrogens is 286 g/mol. The van der Waals surface area contributed by atoms with E-state index in [2.05, 4.69) is 6.07 Å². The van der Waals surface area contributed by atoms with Gasteiger partial charge in [0.2, 0.25) is 0 Å². The SMILES string of the molecule is CC(C)N(CCCl)C(=O)c1cc2c(s1)CCSC2. The van der Waals surface area contributed by atoms with Crippen LogP contribution in [-0.4, -0.2) is 35.0 Å². The number of alkyl halides is 1. The van der Waals surface area contributed by atoms with E-state index in [0.717, 1.165) is 17.1 Å². The van der Waals surface area contributed by atoms with Crippen LogP contribution in [0.3, 0.4) is 0 Å². The fourth-order valence-electron chi connectivity index (χ4n) is 2.08. The van der Waals surface area contributed by atoms with E-state index in [-0.39, 0.29) is 11.9 Å². The molecule has 0 fully saturated rings. The summed E-state index contributed by atoms with van der Waals surface area (Å²) in [6.07, 6.45) is 1.11. The smallest absolute Gasteiger partial charge is 0.264 e. The van der Waals surface area contributed by atoms with Crippen LogP contribution in [0.1, 0.15) is 34.0 Å². The van der Waals surface area contributed by atoms with Crippen LogP contribution in [0, 0.1) is 0 Å². The maximum Gasteiger partial charge on any atom is 0.264 e. The van der Waals surface area contributed by atoms with Crippen molar-refractivity contribution in [1.29, 1.82) is 0 Å². The minimum Gasteiger partial charge on any atom is -0.334 e. The molecule has 0 atom stereocenters. The van der Waals surface area contributed by atoms with Crippen molar-refractivity contribution >= 4 is 40.6 Å². The summed E-state index contributed by atoms with van der Waals surface area (Å²) in [5.41, 5.74) is 1.36. The summed E-state index contributed by atoms with van der Waals surface area (Å²) in [6, 6.07) is 2.28. The third-order valence-electron chi connectivity index (χ3n) is 3.05. The zero-order valence-corrected chi connectivity index (χ0v) is 13.1. The van der Waals surface area contributed by atoms with Gasteiger partial charge in [-0.3, -0.25) is 4.79 Å². The number of thioether (sulfide) groups is 1. The molecule has 0 N–H and O–H groups in total. The zero-order chi connectivity index (χ0) is 13.1. The Kier molecular flexibility index (Phi) is 4.98. The van der Waals surface area contributed by atoms with E-state index in [1.807, 2.05) is 30.5 Å². The minimum absolute atomic E-state index is 0.134. The molecule has 1 amide bonds. The molecule has 5 heteroatoms. The highest BCUT2D eigenvalue weighted by Crippen LogP contribution is 2.32. The Labute approximate surface area is 122 Å². The molecule has 0 aliphatic carbocycles. The summed E-state index contributed by atoms with van der Waals surface area (Å²) in [5.74, 6) is 2.85. The molecule has 2 rings (SSSR count). The molecule has 0 saturated heterocycles. The number of thiophene rings is 1. The average molecular weight is 304 g/mol. The molecule has 1 aromatic rings. The van der Waals surface area contributed by atoms with Crippen molar-refractivity contribution in [3.63, 3.8) is 0 Å². The highest BCUT2D eigenvalue weighted by molar-refractivity contribution is 7.98. The van der Waals surface area contributed by atoms with Crippen molar-refractivity contribution in [2.24, 2.45) is 0 Å². The lowest BCUT2D eigenvalue weighted by atomic mass is 10.2. The third-order valence-corrected chi connectivity index (χ3v) is 5.45. The summed E-state index contributed by atoms with van der Waals surface area (Å²) >= 11 is 9.39. The third kappa shape index (κ3) is 3.03. The lowest BCUT2D eigenvalue weighted by Gasteiger charge is -2.25. The summed E-state index contributed by atoms with van der Waals surface area (Å²) in [6.45, 7) is 4.69. The molecule has 2 heterocycles. The lowest BCUT2D eigenvalue weighted by molar-refractivity contribution is 0.0723. The van der Waals surface area contributed by atoms with Gasteiger partial charge in [-0.2, -0.15) is 11.8 Å². The molecule has 0 spiro atoms. The van der Waals surface area contributed by atoms with Gasteiger partial charge in [0.25, 0.3) is 5.91 Å². The molecule has 0 saturated carbocycles. The first-order valence-electron chi connectivity index (χ1n) is 6.19. The van der Waals surface area contributed by atoms with Crippen molar-refractivity contribution in [3.05, 3.63) is 21.4 Å². The number of rotatable bonds is 4. The molecule has 1 aliphatic heterocycles. The Morgan fingerprint density at radius 2 is 2.33 bits per heavy atom. The van der Waals surface area contributed by atoms with Crippen LogP contribution in [0.4, 0.5) is 0 Å². The molecule has 100 valence electrons. The largest absolute Gasteiger partial charge is 0.334 e. The van der Waals surface area contributed by atoms with Crippen LogP contribution in [0.5, 0.6) is 0 Å². The molecule has 18 heavy (non-hydrogen) atoms. The van der Waals surface area contributed by atoms with Crippen LogP contribution in [0.2, 0.25) is 0 Å². The minimum atomic E-state index is 0.134. The van der Waals surface area contributed by atoms with E-state index in [9.17, 15) is 4.79 Å². The Morgan fingerprint density at radius 1 is 1.56 bits per heavy atom. The van der Waals surface area contributed by atoms with Crippen molar-refractivity contribution in [2.45, 2.75) is 32.1 Å². The Balaban J connectivity index is 2.19. The van der Waals surface area contributed by atoms with Crippen molar-refractivity contribution in [3.8, 4) is 0 Å². The van der Waals surface area contributed by atoms with Crippen LogP contribution in [0.25, 0.3) is 0 Å². The Bertz CT molecular complexity index is 407. The first-order chi connectivity index (χ1) is 8.63. The number of carbonyl (C=O) groups is 1. The molecule has 2 nitrogen and oxygen atoms in total. The monoisotopic (exact) mass is 303 g/mol. The molecule has 0 radical (unpaired) electrons. The van der Waals surface area contributed by atoms with Gasteiger partial charge in [-0.15, -0.1) is 22.9 Å². The second-order valence-corrected chi connectivity index (χ2v) is 7.26. The molecule has 0 bridgehead atoms. The Morgan fingerprint density at radius 3 is 2.94 bits per heavy atom. The van der Waals surface area contributed by atoms with Crippen LogP contribution in [-0.2, 0) is 12.2 Å². The van der Waals surface area contributed by atoms with Gasteiger partial charge in [0, 0.05) is 29.1 Å². The van der Waals surface area contributed by atoms with Gasteiger partial charge in [-0.1, -0.05) is 0 Å². The van der Waals surface area contributed by atoms with Crippen molar-refractivity contribution in [1.82, 2.24) is 4.90 Å². The number of amides is 1. The molecule has 1 aliphatic rings. The van der Waals surface area contributed by atoms with E-state index < -0.39 is 0 Å². The number of fused-ring (bicyclic) bond motifs is 1. The van der Waals surface area contributed by atoms with Gasteiger partial charge < -0.3 is 4.90 Å². The zero-order valence-electron chi connectivity index (χ0n) is 10.7. The van der Waals surface area contributed by atoms with E-state index >= 15 is 0 Å². The van der Waals surface area contributed by atoms with Crippen molar-refractivity contribution < 1.29 is 4.79 Å². The fraction of sp³-hybridized carbons (Fsp3) is 0.615. The molecular formula is C13H18ClNOS2. The summed E-state index contributed by atoms with van der Waals surface area (Å²) in [4.78, 5) is 16.6. The highest BCUT2D eigenvalue weighted by atomic mass is 35.5. The van der Waals surface area contributed by atoms with Crippen LogP contribution in [0.15, 0.2) is 6.07 Å². The number of halogens is 1. The lowest BCUT2D eigenvalue weighted by Crippen LogP contribution is -2.37.